The summed E-state index contributed by atoms with van der Waals surface area (Å²) < 4.78 is 0. The second-order valence-corrected chi connectivity index (χ2v) is 3.37. The molecule has 0 heterocycles. The van der Waals surface area contributed by atoms with Crippen LogP contribution in [0.1, 0.15) is 39.5 Å². The van der Waals surface area contributed by atoms with Crippen LogP contribution in [0.2, 0.25) is 0 Å². The van der Waals surface area contributed by atoms with Crippen molar-refractivity contribution in [3.63, 3.8) is 0 Å². The number of rotatable bonds is 4. The fourth-order valence-electron chi connectivity index (χ4n) is 1.08. The first-order valence-corrected chi connectivity index (χ1v) is 3.71. The molecule has 54 valence electrons. The van der Waals surface area contributed by atoms with Crippen LogP contribution in [0.5, 0.6) is 0 Å². The van der Waals surface area contributed by atoms with Gasteiger partial charge in [0.1, 0.15) is 0 Å². The minimum absolute atomic E-state index is 0.476. The zero-order valence-electron chi connectivity index (χ0n) is 6.74. The van der Waals surface area contributed by atoms with Crippen LogP contribution < -0.4 is 0 Å². The van der Waals surface area contributed by atoms with Crippen LogP contribution in [-0.4, -0.2) is 0 Å². The van der Waals surface area contributed by atoms with Gasteiger partial charge in [0.25, 0.3) is 0 Å². The molecule has 0 nitrogen and oxygen atoms in total. The SMILES string of the molecule is [CH2]CCC(C)(C)CC[CH2]. The van der Waals surface area contributed by atoms with Gasteiger partial charge in [0, 0.05) is 0 Å². The molecular weight excluding hydrogens is 108 g/mol. The summed E-state index contributed by atoms with van der Waals surface area (Å²) in [5.41, 5.74) is 0.476. The van der Waals surface area contributed by atoms with Crippen molar-refractivity contribution in [1.29, 1.82) is 0 Å². The number of hydrogen-bond donors (Lipinski definition) is 0. The van der Waals surface area contributed by atoms with Crippen molar-refractivity contribution in [1.82, 2.24) is 0 Å². The maximum atomic E-state index is 3.83. The molecule has 0 rings (SSSR count). The van der Waals surface area contributed by atoms with Crippen LogP contribution in [-0.2, 0) is 0 Å². The molecule has 0 N–H and O–H groups in total. The van der Waals surface area contributed by atoms with Crippen molar-refractivity contribution >= 4 is 0 Å². The Balaban J connectivity index is 3.43. The first-order valence-electron chi connectivity index (χ1n) is 3.71. The van der Waals surface area contributed by atoms with Crippen molar-refractivity contribution in [3.8, 4) is 0 Å². The average Bonchev–Trinajstić information content (AvgIpc) is 1.64. The molecule has 0 amide bonds. The molecule has 0 fully saturated rings. The molecule has 0 bridgehead atoms. The molecule has 0 aromatic heterocycles. The van der Waals surface area contributed by atoms with Gasteiger partial charge in [-0.15, -0.1) is 0 Å². The molecule has 2 radical (unpaired) electrons. The zero-order chi connectivity index (χ0) is 7.33. The van der Waals surface area contributed by atoms with E-state index in [0.29, 0.717) is 5.41 Å². The van der Waals surface area contributed by atoms with E-state index in [1.807, 2.05) is 0 Å². The lowest BCUT2D eigenvalue weighted by Gasteiger charge is -2.22. The van der Waals surface area contributed by atoms with Gasteiger partial charge in [-0.1, -0.05) is 40.5 Å². The summed E-state index contributed by atoms with van der Waals surface area (Å²) in [4.78, 5) is 0. The van der Waals surface area contributed by atoms with E-state index in [1.54, 1.807) is 0 Å². The minimum Gasteiger partial charge on any atom is -0.0599 e. The third-order valence-corrected chi connectivity index (χ3v) is 1.71. The Labute approximate surface area is 59.7 Å². The maximum Gasteiger partial charge on any atom is -0.0354 e. The van der Waals surface area contributed by atoms with Gasteiger partial charge in [-0.05, 0) is 18.3 Å². The molecule has 0 saturated carbocycles. The third-order valence-electron chi connectivity index (χ3n) is 1.71. The summed E-state index contributed by atoms with van der Waals surface area (Å²) in [6.07, 6.45) is 4.55. The standard InChI is InChI=1S/C9H18/c1-5-7-9(3,4)8-6-2/h1-2,5-8H2,3-4H3. The van der Waals surface area contributed by atoms with Crippen molar-refractivity contribution in [2.75, 3.05) is 0 Å². The lowest BCUT2D eigenvalue weighted by atomic mass is 9.84. The topological polar surface area (TPSA) is 0 Å². The molecule has 0 saturated heterocycles. The molecule has 0 atom stereocenters. The monoisotopic (exact) mass is 126 g/mol. The molecule has 0 unspecified atom stereocenters. The Morgan fingerprint density at radius 3 is 1.56 bits per heavy atom. The molecule has 0 heteroatoms. The molecule has 0 spiro atoms. The molecule has 0 aliphatic heterocycles. The third kappa shape index (κ3) is 4.50. The molecule has 0 aliphatic carbocycles. The summed E-state index contributed by atoms with van der Waals surface area (Å²) in [7, 11) is 0. The summed E-state index contributed by atoms with van der Waals surface area (Å²) in [5, 5.41) is 0. The van der Waals surface area contributed by atoms with E-state index < -0.39 is 0 Å². The Morgan fingerprint density at radius 2 is 1.33 bits per heavy atom. The van der Waals surface area contributed by atoms with E-state index in [9.17, 15) is 0 Å². The van der Waals surface area contributed by atoms with Crippen LogP contribution >= 0.6 is 0 Å². The Morgan fingerprint density at radius 1 is 1.00 bits per heavy atom. The van der Waals surface area contributed by atoms with E-state index in [0.717, 1.165) is 12.8 Å². The minimum atomic E-state index is 0.476. The smallest absolute Gasteiger partial charge is 0.0354 e. The largest absolute Gasteiger partial charge is 0.0599 e. The molecule has 0 aromatic rings. The maximum absolute atomic E-state index is 3.83. The second-order valence-electron chi connectivity index (χ2n) is 3.37. The van der Waals surface area contributed by atoms with Crippen molar-refractivity contribution in [3.05, 3.63) is 13.8 Å². The lowest BCUT2D eigenvalue weighted by molar-refractivity contribution is 0.312. The molecular formula is C9H18. The summed E-state index contributed by atoms with van der Waals surface area (Å²) in [6, 6.07) is 0. The Hall–Kier alpha value is 0. The van der Waals surface area contributed by atoms with E-state index in [4.69, 9.17) is 0 Å². The highest BCUT2D eigenvalue weighted by Crippen LogP contribution is 2.27. The Kier molecular flexibility index (Phi) is 3.92. The zero-order valence-corrected chi connectivity index (χ0v) is 6.74. The molecule has 9 heavy (non-hydrogen) atoms. The summed E-state index contributed by atoms with van der Waals surface area (Å²) >= 11 is 0. The predicted molar refractivity (Wildman–Crippen MR) is 43.0 cm³/mol. The van der Waals surface area contributed by atoms with Gasteiger partial charge in [-0.25, -0.2) is 0 Å². The van der Waals surface area contributed by atoms with Gasteiger partial charge in [0.2, 0.25) is 0 Å². The van der Waals surface area contributed by atoms with E-state index in [-0.39, 0.29) is 0 Å². The molecule has 0 aromatic carbocycles. The highest BCUT2D eigenvalue weighted by Gasteiger charge is 2.13. The van der Waals surface area contributed by atoms with Gasteiger partial charge >= 0.3 is 0 Å². The first kappa shape index (κ1) is 9.00. The van der Waals surface area contributed by atoms with Crippen molar-refractivity contribution < 1.29 is 0 Å². The fraction of sp³-hybridized carbons (Fsp3) is 0.778. The Bertz CT molecular complexity index is 54.4. The number of hydrogen-bond acceptors (Lipinski definition) is 0. The quantitative estimate of drug-likeness (QED) is 0.542. The highest BCUT2D eigenvalue weighted by molar-refractivity contribution is 4.69. The second kappa shape index (κ2) is 3.92. The van der Waals surface area contributed by atoms with Crippen LogP contribution in [0.3, 0.4) is 0 Å². The van der Waals surface area contributed by atoms with Crippen LogP contribution in [0.15, 0.2) is 0 Å². The van der Waals surface area contributed by atoms with E-state index >= 15 is 0 Å². The van der Waals surface area contributed by atoms with Gasteiger partial charge in [-0.3, -0.25) is 0 Å². The predicted octanol–water partition coefficient (Wildman–Crippen LogP) is 3.24. The van der Waals surface area contributed by atoms with Crippen LogP contribution in [0.4, 0.5) is 0 Å². The van der Waals surface area contributed by atoms with E-state index in [1.165, 1.54) is 12.8 Å². The van der Waals surface area contributed by atoms with Crippen LogP contribution in [0, 0.1) is 19.3 Å². The first-order chi connectivity index (χ1) is 4.12. The van der Waals surface area contributed by atoms with Gasteiger partial charge in [0.15, 0.2) is 0 Å². The van der Waals surface area contributed by atoms with Gasteiger partial charge in [0.05, 0.1) is 0 Å². The van der Waals surface area contributed by atoms with Gasteiger partial charge < -0.3 is 0 Å². The van der Waals surface area contributed by atoms with Crippen LogP contribution in [0.25, 0.3) is 0 Å². The van der Waals surface area contributed by atoms with Crippen molar-refractivity contribution in [2.24, 2.45) is 5.41 Å². The van der Waals surface area contributed by atoms with E-state index in [2.05, 4.69) is 27.7 Å². The fourth-order valence-corrected chi connectivity index (χ4v) is 1.08. The highest BCUT2D eigenvalue weighted by atomic mass is 14.2. The lowest BCUT2D eigenvalue weighted by Crippen LogP contribution is -2.09. The summed E-state index contributed by atoms with van der Waals surface area (Å²) in [6.45, 7) is 12.2. The summed E-state index contributed by atoms with van der Waals surface area (Å²) in [5.74, 6) is 0. The molecule has 0 aliphatic rings. The average molecular weight is 126 g/mol. The van der Waals surface area contributed by atoms with Crippen molar-refractivity contribution in [2.45, 2.75) is 39.5 Å². The normalized spacial score (nSPS) is 12.0. The van der Waals surface area contributed by atoms with Gasteiger partial charge in [-0.2, -0.15) is 0 Å².